The van der Waals surface area contributed by atoms with Gasteiger partial charge in [0.1, 0.15) is 0 Å². The van der Waals surface area contributed by atoms with Crippen molar-refractivity contribution in [2.24, 2.45) is 5.11 Å². The van der Waals surface area contributed by atoms with Gasteiger partial charge in [0.2, 0.25) is 0 Å². The molecule has 5 nitrogen and oxygen atoms in total. The van der Waals surface area contributed by atoms with Crippen LogP contribution in [0.4, 0.5) is 0 Å². The first-order valence-corrected chi connectivity index (χ1v) is 6.64. The summed E-state index contributed by atoms with van der Waals surface area (Å²) in [7, 11) is 0. The monoisotopic (exact) mass is 253 g/mol. The number of nitrogens with zero attached hydrogens (tertiary/aromatic N) is 3. The zero-order chi connectivity index (χ0) is 13.6. The third-order valence-corrected chi connectivity index (χ3v) is 2.49. The Labute approximate surface area is 109 Å². The topological polar surface area (TPSA) is 75.1 Å². The maximum Gasteiger partial charge on any atom is 0.310 e. The maximum atomic E-state index is 11.3. The van der Waals surface area contributed by atoms with Crippen molar-refractivity contribution in [3.8, 4) is 0 Å². The van der Waals surface area contributed by atoms with Crippen LogP contribution in [0.25, 0.3) is 10.4 Å². The molecule has 0 heterocycles. The molecule has 18 heavy (non-hydrogen) atoms. The van der Waals surface area contributed by atoms with Gasteiger partial charge in [-0.3, -0.25) is 4.79 Å². The molecule has 0 unspecified atom stereocenters. The summed E-state index contributed by atoms with van der Waals surface area (Å²) in [5.41, 5.74) is 8.88. The highest BCUT2D eigenvalue weighted by atomic mass is 16.5. The average molecular weight is 253 g/mol. The Balaban J connectivity index is 4.00. The van der Waals surface area contributed by atoms with E-state index in [0.29, 0.717) is 12.3 Å². The molecule has 0 aliphatic heterocycles. The first-order chi connectivity index (χ1) is 8.74. The lowest BCUT2D eigenvalue weighted by molar-refractivity contribution is -0.142. The summed E-state index contributed by atoms with van der Waals surface area (Å²) < 4.78 is 4.82. The number of hydrogen-bond donors (Lipinski definition) is 0. The Hall–Kier alpha value is -1.48. The van der Waals surface area contributed by atoms with E-state index in [1.807, 2.05) is 6.08 Å². The van der Waals surface area contributed by atoms with Gasteiger partial charge in [0, 0.05) is 10.6 Å². The highest BCUT2D eigenvalue weighted by Gasteiger charge is 2.04. The van der Waals surface area contributed by atoms with E-state index in [2.05, 4.69) is 16.9 Å². The summed E-state index contributed by atoms with van der Waals surface area (Å²) in [6.45, 7) is 4.28. The van der Waals surface area contributed by atoms with Crippen LogP contribution in [0.3, 0.4) is 0 Å². The van der Waals surface area contributed by atoms with E-state index in [1.165, 1.54) is 25.7 Å². The van der Waals surface area contributed by atoms with Gasteiger partial charge in [-0.25, -0.2) is 0 Å². The van der Waals surface area contributed by atoms with Crippen molar-refractivity contribution < 1.29 is 9.53 Å². The van der Waals surface area contributed by atoms with Crippen LogP contribution in [0.15, 0.2) is 16.9 Å². The van der Waals surface area contributed by atoms with Gasteiger partial charge in [0.15, 0.2) is 0 Å². The quantitative estimate of drug-likeness (QED) is 0.189. The minimum absolute atomic E-state index is 0.0624. The summed E-state index contributed by atoms with van der Waals surface area (Å²) in [5, 5.41) is 3.52. The molecule has 0 rings (SSSR count). The van der Waals surface area contributed by atoms with Crippen LogP contribution in [0.2, 0.25) is 0 Å². The normalized spacial score (nSPS) is 10.9. The molecule has 0 aromatic carbocycles. The summed E-state index contributed by atoms with van der Waals surface area (Å²) in [4.78, 5) is 14.0. The summed E-state index contributed by atoms with van der Waals surface area (Å²) in [5.74, 6) is -0.345. The van der Waals surface area contributed by atoms with Crippen molar-refractivity contribution in [3.05, 3.63) is 22.2 Å². The molecule has 0 aliphatic rings. The molecule has 5 heteroatoms. The van der Waals surface area contributed by atoms with Gasteiger partial charge >= 0.3 is 5.97 Å². The standard InChI is InChI=1S/C13H23N3O2/c1-3-5-6-7-8-9-10-12(15-16-14)11-13(17)18-4-2/h10H,3-9,11H2,1-2H3/b12-10+. The van der Waals surface area contributed by atoms with Crippen LogP contribution in [0.5, 0.6) is 0 Å². The minimum atomic E-state index is -0.345. The molecule has 0 saturated carbocycles. The molecule has 0 saturated heterocycles. The number of carbonyl (C=O) groups is 1. The number of carbonyl (C=O) groups excluding carboxylic acids is 1. The molecule has 0 bridgehead atoms. The second kappa shape index (κ2) is 12.0. The molecule has 0 radical (unpaired) electrons. The number of ether oxygens (including phenoxy) is 1. The van der Waals surface area contributed by atoms with E-state index in [1.54, 1.807) is 6.92 Å². The third kappa shape index (κ3) is 9.73. The molecule has 0 N–H and O–H groups in total. The Bertz CT molecular complexity index is 307. The fourth-order valence-electron chi connectivity index (χ4n) is 1.58. The van der Waals surface area contributed by atoms with E-state index in [9.17, 15) is 4.79 Å². The first kappa shape index (κ1) is 16.5. The maximum absolute atomic E-state index is 11.3. The van der Waals surface area contributed by atoms with Crippen molar-refractivity contribution >= 4 is 5.97 Å². The molecular formula is C13H23N3O2. The zero-order valence-electron chi connectivity index (χ0n) is 11.4. The van der Waals surface area contributed by atoms with E-state index >= 15 is 0 Å². The Morgan fingerprint density at radius 3 is 2.61 bits per heavy atom. The van der Waals surface area contributed by atoms with Gasteiger partial charge in [-0.05, 0) is 25.3 Å². The molecule has 0 aromatic rings. The average Bonchev–Trinajstić information content (AvgIpc) is 2.34. The second-order valence-corrected chi connectivity index (χ2v) is 4.07. The first-order valence-electron chi connectivity index (χ1n) is 6.64. The third-order valence-electron chi connectivity index (χ3n) is 2.49. The molecule has 102 valence electrons. The van der Waals surface area contributed by atoms with Crippen molar-refractivity contribution in [3.63, 3.8) is 0 Å². The number of unbranched alkanes of at least 4 members (excludes halogenated alkanes) is 5. The number of rotatable bonds is 10. The lowest BCUT2D eigenvalue weighted by Crippen LogP contribution is -2.04. The van der Waals surface area contributed by atoms with E-state index in [-0.39, 0.29) is 12.4 Å². The predicted molar refractivity (Wildman–Crippen MR) is 71.9 cm³/mol. The van der Waals surface area contributed by atoms with Gasteiger partial charge in [-0.15, -0.1) is 0 Å². The molecule has 0 spiro atoms. The van der Waals surface area contributed by atoms with Gasteiger partial charge in [0.25, 0.3) is 0 Å². The zero-order valence-corrected chi connectivity index (χ0v) is 11.4. The van der Waals surface area contributed by atoms with E-state index in [0.717, 1.165) is 12.8 Å². The highest BCUT2D eigenvalue weighted by Crippen LogP contribution is 2.11. The Morgan fingerprint density at radius 2 is 2.00 bits per heavy atom. The van der Waals surface area contributed by atoms with Gasteiger partial charge in [-0.2, -0.15) is 0 Å². The Kier molecular flexibility index (Phi) is 11.0. The van der Waals surface area contributed by atoms with Crippen LogP contribution in [-0.2, 0) is 9.53 Å². The SMILES string of the molecule is CCCCCCC/C=C(\CC(=O)OCC)N=[N+]=[N-]. The van der Waals surface area contributed by atoms with Crippen LogP contribution in [0, 0.1) is 0 Å². The number of esters is 1. The summed E-state index contributed by atoms with van der Waals surface area (Å²) in [6.07, 6.45) is 8.70. The predicted octanol–water partition coefficient (Wildman–Crippen LogP) is 4.49. The minimum Gasteiger partial charge on any atom is -0.466 e. The molecular weight excluding hydrogens is 230 g/mol. The van der Waals surface area contributed by atoms with E-state index < -0.39 is 0 Å². The van der Waals surface area contributed by atoms with Gasteiger partial charge < -0.3 is 4.74 Å². The second-order valence-electron chi connectivity index (χ2n) is 4.07. The van der Waals surface area contributed by atoms with Crippen molar-refractivity contribution in [1.29, 1.82) is 0 Å². The van der Waals surface area contributed by atoms with Crippen molar-refractivity contribution in [2.75, 3.05) is 6.61 Å². The summed E-state index contributed by atoms with van der Waals surface area (Å²) in [6, 6.07) is 0. The Morgan fingerprint density at radius 1 is 1.28 bits per heavy atom. The molecule has 0 fully saturated rings. The van der Waals surface area contributed by atoms with Crippen molar-refractivity contribution in [1.82, 2.24) is 0 Å². The fraction of sp³-hybridized carbons (Fsp3) is 0.769. The van der Waals surface area contributed by atoms with E-state index in [4.69, 9.17) is 10.3 Å². The number of azide groups is 1. The van der Waals surface area contributed by atoms with Gasteiger partial charge in [0.05, 0.1) is 13.0 Å². The lowest BCUT2D eigenvalue weighted by Gasteiger charge is -2.02. The molecule has 0 aliphatic carbocycles. The number of allylic oxidation sites excluding steroid dienone is 1. The summed E-state index contributed by atoms with van der Waals surface area (Å²) >= 11 is 0. The molecule has 0 atom stereocenters. The lowest BCUT2D eigenvalue weighted by atomic mass is 10.1. The fourth-order valence-corrected chi connectivity index (χ4v) is 1.58. The van der Waals surface area contributed by atoms with Crippen LogP contribution in [-0.4, -0.2) is 12.6 Å². The van der Waals surface area contributed by atoms with Crippen LogP contribution >= 0.6 is 0 Å². The smallest absolute Gasteiger partial charge is 0.310 e. The van der Waals surface area contributed by atoms with Crippen LogP contribution < -0.4 is 0 Å². The molecule has 0 amide bonds. The highest BCUT2D eigenvalue weighted by molar-refractivity contribution is 5.72. The largest absolute Gasteiger partial charge is 0.466 e. The van der Waals surface area contributed by atoms with Crippen molar-refractivity contribution in [2.45, 2.75) is 58.8 Å². The van der Waals surface area contributed by atoms with Crippen LogP contribution in [0.1, 0.15) is 58.8 Å². The number of hydrogen-bond acceptors (Lipinski definition) is 3. The molecule has 0 aromatic heterocycles. The van der Waals surface area contributed by atoms with Gasteiger partial charge in [-0.1, -0.05) is 43.8 Å².